The number of carbonyl (C=O) groups excluding carboxylic acids is 1. The number of likely N-dealkylation sites (tertiary alicyclic amines) is 1. The van der Waals surface area contributed by atoms with Crippen molar-refractivity contribution in [1.29, 1.82) is 0 Å². The average Bonchev–Trinajstić information content (AvgIpc) is 2.90. The average molecular weight is 496 g/mol. The summed E-state index contributed by atoms with van der Waals surface area (Å²) in [5, 5.41) is 11.6. The maximum Gasteiger partial charge on any atom is 0.247 e. The first kappa shape index (κ1) is 25.9. The SMILES string of the molecule is CCOc1ccccc1C1C2CCCCC2(O)CCN1C(=O)/C=C/c1cc(OC)c(OC)c(OC)c1. The molecule has 7 heteroatoms. The molecule has 1 saturated carbocycles. The number of hydrogen-bond acceptors (Lipinski definition) is 6. The van der Waals surface area contributed by atoms with Gasteiger partial charge in [-0.3, -0.25) is 4.79 Å². The smallest absolute Gasteiger partial charge is 0.247 e. The Balaban J connectivity index is 1.69. The van der Waals surface area contributed by atoms with Crippen molar-refractivity contribution in [3.05, 3.63) is 53.6 Å². The quantitative estimate of drug-likeness (QED) is 0.518. The number of para-hydroxylation sites is 1. The number of benzene rings is 2. The number of piperidine rings is 1. The van der Waals surface area contributed by atoms with Gasteiger partial charge >= 0.3 is 0 Å². The number of amides is 1. The number of rotatable bonds is 8. The molecule has 2 aromatic rings. The van der Waals surface area contributed by atoms with Gasteiger partial charge in [0.15, 0.2) is 11.5 Å². The van der Waals surface area contributed by atoms with E-state index in [4.69, 9.17) is 18.9 Å². The summed E-state index contributed by atoms with van der Waals surface area (Å²) in [4.78, 5) is 15.6. The number of carbonyl (C=O) groups is 1. The van der Waals surface area contributed by atoms with E-state index in [0.717, 1.165) is 42.6 Å². The molecule has 7 nitrogen and oxygen atoms in total. The summed E-state index contributed by atoms with van der Waals surface area (Å²) >= 11 is 0. The third-order valence-corrected chi connectivity index (χ3v) is 7.49. The lowest BCUT2D eigenvalue weighted by Gasteiger charge is -2.52. The fourth-order valence-electron chi connectivity index (χ4n) is 5.79. The van der Waals surface area contributed by atoms with E-state index in [0.29, 0.717) is 36.8 Å². The molecule has 1 aliphatic carbocycles. The van der Waals surface area contributed by atoms with Crippen molar-refractivity contribution in [2.45, 2.75) is 50.7 Å². The third-order valence-electron chi connectivity index (χ3n) is 7.49. The number of fused-ring (bicyclic) bond motifs is 1. The third kappa shape index (κ3) is 5.03. The van der Waals surface area contributed by atoms with Crippen molar-refractivity contribution in [2.24, 2.45) is 5.92 Å². The second kappa shape index (κ2) is 11.2. The van der Waals surface area contributed by atoms with Crippen LogP contribution in [-0.2, 0) is 4.79 Å². The fourth-order valence-corrected chi connectivity index (χ4v) is 5.79. The van der Waals surface area contributed by atoms with Crippen LogP contribution in [0.15, 0.2) is 42.5 Å². The van der Waals surface area contributed by atoms with Crippen LogP contribution in [0.1, 0.15) is 56.2 Å². The summed E-state index contributed by atoms with van der Waals surface area (Å²) in [5.41, 5.74) is 0.952. The van der Waals surface area contributed by atoms with Crippen LogP contribution in [0, 0.1) is 5.92 Å². The van der Waals surface area contributed by atoms with Crippen molar-refractivity contribution in [1.82, 2.24) is 4.90 Å². The fraction of sp³-hybridized carbons (Fsp3) is 0.483. The molecule has 0 aromatic heterocycles. The van der Waals surface area contributed by atoms with E-state index in [1.165, 1.54) is 0 Å². The van der Waals surface area contributed by atoms with Gasteiger partial charge in [0.1, 0.15) is 5.75 Å². The molecule has 1 N–H and O–H groups in total. The number of aliphatic hydroxyl groups is 1. The van der Waals surface area contributed by atoms with Crippen LogP contribution in [-0.4, -0.2) is 56.0 Å². The van der Waals surface area contributed by atoms with Crippen LogP contribution in [0.4, 0.5) is 0 Å². The van der Waals surface area contributed by atoms with Gasteiger partial charge in [-0.15, -0.1) is 0 Å². The van der Waals surface area contributed by atoms with Gasteiger partial charge in [-0.05, 0) is 56.0 Å². The lowest BCUT2D eigenvalue weighted by molar-refractivity contribution is -0.151. The molecule has 1 amide bonds. The molecule has 194 valence electrons. The van der Waals surface area contributed by atoms with Crippen LogP contribution in [0.5, 0.6) is 23.0 Å². The predicted octanol–water partition coefficient (Wildman–Crippen LogP) is 5.02. The highest BCUT2D eigenvalue weighted by Gasteiger charge is 2.50. The molecule has 0 spiro atoms. The van der Waals surface area contributed by atoms with E-state index < -0.39 is 5.60 Å². The largest absolute Gasteiger partial charge is 0.494 e. The van der Waals surface area contributed by atoms with Gasteiger partial charge in [0.05, 0.1) is 39.6 Å². The van der Waals surface area contributed by atoms with Crippen molar-refractivity contribution in [3.8, 4) is 23.0 Å². The van der Waals surface area contributed by atoms with Crippen molar-refractivity contribution < 1.29 is 28.8 Å². The summed E-state index contributed by atoms with van der Waals surface area (Å²) < 4.78 is 22.3. The number of nitrogens with zero attached hydrogens (tertiary/aromatic N) is 1. The van der Waals surface area contributed by atoms with Crippen LogP contribution in [0.25, 0.3) is 6.08 Å². The van der Waals surface area contributed by atoms with Gasteiger partial charge in [0.2, 0.25) is 11.7 Å². The number of ether oxygens (including phenoxy) is 4. The Morgan fingerprint density at radius 1 is 1.06 bits per heavy atom. The summed E-state index contributed by atoms with van der Waals surface area (Å²) in [6.07, 6.45) is 7.64. The lowest BCUT2D eigenvalue weighted by Crippen LogP contribution is -2.56. The summed E-state index contributed by atoms with van der Waals surface area (Å²) in [6, 6.07) is 11.3. The summed E-state index contributed by atoms with van der Waals surface area (Å²) in [6.45, 7) is 2.97. The highest BCUT2D eigenvalue weighted by Crippen LogP contribution is 2.51. The van der Waals surface area contributed by atoms with Gasteiger partial charge in [0, 0.05) is 24.1 Å². The van der Waals surface area contributed by atoms with Gasteiger partial charge < -0.3 is 29.0 Å². The van der Waals surface area contributed by atoms with Crippen LogP contribution in [0.3, 0.4) is 0 Å². The van der Waals surface area contributed by atoms with E-state index in [1.54, 1.807) is 33.5 Å². The molecule has 1 aliphatic heterocycles. The van der Waals surface area contributed by atoms with Crippen molar-refractivity contribution >= 4 is 12.0 Å². The topological polar surface area (TPSA) is 77.5 Å². The van der Waals surface area contributed by atoms with Gasteiger partial charge in [0.25, 0.3) is 0 Å². The molecule has 36 heavy (non-hydrogen) atoms. The van der Waals surface area contributed by atoms with Crippen molar-refractivity contribution in [3.63, 3.8) is 0 Å². The molecular formula is C29H37NO6. The molecule has 1 heterocycles. The minimum absolute atomic E-state index is 0.0415. The van der Waals surface area contributed by atoms with Crippen LogP contribution < -0.4 is 18.9 Å². The zero-order valence-corrected chi connectivity index (χ0v) is 21.7. The molecule has 2 aliphatic rings. The van der Waals surface area contributed by atoms with Crippen molar-refractivity contribution in [2.75, 3.05) is 34.5 Å². The maximum atomic E-state index is 13.7. The molecule has 2 fully saturated rings. The molecule has 0 bridgehead atoms. The van der Waals surface area contributed by atoms with Crippen LogP contribution >= 0.6 is 0 Å². The second-order valence-electron chi connectivity index (χ2n) is 9.45. The van der Waals surface area contributed by atoms with E-state index in [9.17, 15) is 9.90 Å². The maximum absolute atomic E-state index is 13.7. The van der Waals surface area contributed by atoms with E-state index in [-0.39, 0.29) is 17.9 Å². The minimum Gasteiger partial charge on any atom is -0.494 e. The molecule has 4 rings (SSSR count). The van der Waals surface area contributed by atoms with Gasteiger partial charge in [-0.2, -0.15) is 0 Å². The molecule has 2 aromatic carbocycles. The van der Waals surface area contributed by atoms with E-state index >= 15 is 0 Å². The lowest BCUT2D eigenvalue weighted by atomic mass is 9.66. The number of methoxy groups -OCH3 is 3. The van der Waals surface area contributed by atoms with Gasteiger partial charge in [-0.1, -0.05) is 31.0 Å². The Kier molecular flexibility index (Phi) is 8.09. The highest BCUT2D eigenvalue weighted by atomic mass is 16.5. The second-order valence-corrected chi connectivity index (χ2v) is 9.45. The summed E-state index contributed by atoms with van der Waals surface area (Å²) in [7, 11) is 4.69. The summed E-state index contributed by atoms with van der Waals surface area (Å²) in [5.74, 6) is 2.18. The predicted molar refractivity (Wildman–Crippen MR) is 139 cm³/mol. The zero-order chi connectivity index (χ0) is 25.7. The van der Waals surface area contributed by atoms with Gasteiger partial charge in [-0.25, -0.2) is 0 Å². The van der Waals surface area contributed by atoms with Crippen LogP contribution in [0.2, 0.25) is 0 Å². The molecule has 0 radical (unpaired) electrons. The standard InChI is InChI=1S/C29H37NO6/c1-5-36-23-12-7-6-10-21(23)27-22-11-8-9-15-29(22,32)16-17-30(27)26(31)14-13-20-18-24(33-2)28(35-4)25(19-20)34-3/h6-7,10,12-14,18-19,22,27,32H,5,8-9,11,15-17H2,1-4H3/b14-13+. The number of hydrogen-bond donors (Lipinski definition) is 1. The molecule has 3 atom stereocenters. The monoisotopic (exact) mass is 495 g/mol. The Morgan fingerprint density at radius 2 is 1.78 bits per heavy atom. The Morgan fingerprint density at radius 3 is 2.44 bits per heavy atom. The Bertz CT molecular complexity index is 1070. The first-order valence-corrected chi connectivity index (χ1v) is 12.7. The van der Waals surface area contributed by atoms with E-state index in [2.05, 4.69) is 0 Å². The zero-order valence-electron chi connectivity index (χ0n) is 21.7. The molecule has 1 saturated heterocycles. The Labute approximate surface area is 213 Å². The molecule has 3 unspecified atom stereocenters. The molecular weight excluding hydrogens is 458 g/mol. The Hall–Kier alpha value is -3.19. The highest BCUT2D eigenvalue weighted by molar-refractivity contribution is 5.92. The van der Waals surface area contributed by atoms with E-state index in [1.807, 2.05) is 48.2 Å². The first-order valence-electron chi connectivity index (χ1n) is 12.7. The normalized spacial score (nSPS) is 23.8. The minimum atomic E-state index is -0.764. The first-order chi connectivity index (χ1) is 17.5.